The van der Waals surface area contributed by atoms with Crippen LogP contribution in [0.3, 0.4) is 0 Å². The third-order valence-corrected chi connectivity index (χ3v) is 0. The summed E-state index contributed by atoms with van der Waals surface area (Å²) in [5.41, 5.74) is 0. The molecule has 0 spiro atoms. The van der Waals surface area contributed by atoms with E-state index >= 15 is 0 Å². The van der Waals surface area contributed by atoms with Crippen molar-refractivity contribution in [2.75, 3.05) is 0 Å². The van der Waals surface area contributed by atoms with E-state index in [0.29, 0.717) is 0 Å². The molecule has 0 radical (unpaired) electrons. The van der Waals surface area contributed by atoms with Gasteiger partial charge in [-0.05, 0) is 0 Å². The summed E-state index contributed by atoms with van der Waals surface area (Å²) in [6, 6.07) is 0. The molecule has 0 aliphatic heterocycles. The molecule has 0 saturated heterocycles. The van der Waals surface area contributed by atoms with Crippen molar-refractivity contribution in [2.45, 2.75) is 0 Å². The van der Waals surface area contributed by atoms with Crippen LogP contribution in [-0.4, -0.2) is 29.6 Å². The van der Waals surface area contributed by atoms with E-state index < -0.39 is 0 Å². The topological polar surface area (TPSA) is 23.8 Å². The molecule has 0 amide bonds. The first-order valence-corrected chi connectivity index (χ1v) is 0.952. The van der Waals surface area contributed by atoms with Gasteiger partial charge in [-0.1, -0.05) is 0 Å². The van der Waals surface area contributed by atoms with Crippen LogP contribution in [0.4, 0.5) is 0 Å². The van der Waals surface area contributed by atoms with Crippen LogP contribution in [0.1, 0.15) is 0 Å². The predicted octanol–water partition coefficient (Wildman–Crippen LogP) is -0.634. The summed E-state index contributed by atoms with van der Waals surface area (Å²) >= 11 is 2.79. The van der Waals surface area contributed by atoms with E-state index in [2.05, 4.69) is 16.0 Å². The van der Waals surface area contributed by atoms with Crippen LogP contribution >= 0.6 is 0 Å². The Balaban J connectivity index is -0.0000000200. The number of nitrogens with zero attached hydrogens (tertiary/aromatic N) is 1. The van der Waals surface area contributed by atoms with E-state index in [1.54, 1.807) is 0 Å². The van der Waals surface area contributed by atoms with Crippen LogP contribution in [0.15, 0.2) is 0 Å². The van der Waals surface area contributed by atoms with Gasteiger partial charge in [0.25, 0.3) is 0 Å². The summed E-state index contributed by atoms with van der Waals surface area (Å²) in [5.74, 6) is 0. The molecule has 0 N–H and O–H groups in total. The summed E-state index contributed by atoms with van der Waals surface area (Å²) in [6.07, 6.45) is 0. The second kappa shape index (κ2) is 16.2. The van der Waals surface area contributed by atoms with Gasteiger partial charge < -0.3 is 0 Å². The normalized spacial score (nSPS) is 1.60. The zero-order chi connectivity index (χ0) is 2.71. The third-order valence-electron chi connectivity index (χ3n) is 0. The quantitative estimate of drug-likeness (QED) is 0.522. The number of hydrogen-bond acceptors (Lipinski definition) is 1. The summed E-state index contributed by atoms with van der Waals surface area (Å²) in [4.78, 5) is 1.50. The van der Waals surface area contributed by atoms with E-state index in [0.717, 1.165) is 0 Å². The molecule has 0 unspecified atom stereocenters. The monoisotopic (exact) mass is 246 g/mol. The molecule has 0 aromatic heterocycles. The standard InChI is InChI=1S/CN.Ce.Fe.Na.H/c1-2;;;;. The van der Waals surface area contributed by atoms with Crippen molar-refractivity contribution in [3.05, 3.63) is 0 Å². The van der Waals surface area contributed by atoms with Crippen molar-refractivity contribution in [3.8, 4) is 4.97 Å². The van der Waals surface area contributed by atoms with E-state index in [9.17, 15) is 0 Å². The Bertz CT molecular complexity index is 33.1. The summed E-state index contributed by atoms with van der Waals surface area (Å²) in [5, 5.41) is 7.21. The van der Waals surface area contributed by atoms with Crippen LogP contribution < -0.4 is 0 Å². The van der Waals surface area contributed by atoms with Gasteiger partial charge in [0.2, 0.25) is 0 Å². The van der Waals surface area contributed by atoms with Crippen molar-refractivity contribution in [1.82, 2.24) is 0 Å². The fourth-order valence-corrected chi connectivity index (χ4v) is 0. The zero-order valence-electron chi connectivity index (χ0n) is 1.80. The maximum absolute atomic E-state index is 7.21. The minimum absolute atomic E-state index is 0. The molecular formula is CHCeFeNNa. The fourth-order valence-electron chi connectivity index (χ4n) is 0. The maximum atomic E-state index is 7.21. The van der Waals surface area contributed by atoms with Gasteiger partial charge in [-0.3, -0.25) is 0 Å². The van der Waals surface area contributed by atoms with Gasteiger partial charge in [-0.15, -0.1) is 0 Å². The van der Waals surface area contributed by atoms with E-state index in [4.69, 9.17) is 5.26 Å². The molecule has 0 fully saturated rings. The van der Waals surface area contributed by atoms with Crippen LogP contribution in [0.2, 0.25) is 0 Å². The van der Waals surface area contributed by atoms with Gasteiger partial charge >= 0.3 is 55.8 Å². The van der Waals surface area contributed by atoms with E-state index in [-0.39, 0.29) is 71.3 Å². The van der Waals surface area contributed by atoms with E-state index in [1.807, 2.05) is 0 Å². The van der Waals surface area contributed by atoms with Gasteiger partial charge in [-0.2, -0.15) is 0 Å². The fraction of sp³-hybridized carbons (Fsp3) is 0. The van der Waals surface area contributed by atoms with Crippen LogP contribution in [-0.2, 0) is 16.0 Å². The molecule has 0 aliphatic rings. The first kappa shape index (κ1) is 15.7. The summed E-state index contributed by atoms with van der Waals surface area (Å²) in [7, 11) is 0. The zero-order valence-corrected chi connectivity index (χ0v) is 6.05. The molecule has 4 heteroatoms. The Hall–Kier alpha value is 2.39. The Labute approximate surface area is 95.4 Å². The molecule has 0 saturated carbocycles. The van der Waals surface area contributed by atoms with Crippen LogP contribution in [0, 0.1) is 52.0 Å². The van der Waals surface area contributed by atoms with Crippen molar-refractivity contribution in [2.24, 2.45) is 0 Å². The second-order valence-corrected chi connectivity index (χ2v) is 0.326. The molecule has 0 aromatic carbocycles. The van der Waals surface area contributed by atoms with E-state index in [1.165, 1.54) is 4.97 Å². The predicted molar refractivity (Wildman–Crippen MR) is 12.8 cm³/mol. The van der Waals surface area contributed by atoms with Gasteiger partial charge in [0, 0.05) is 41.7 Å². The third kappa shape index (κ3) is 21.6. The molecule has 5 heavy (non-hydrogen) atoms. The van der Waals surface area contributed by atoms with Gasteiger partial charge in [-0.25, -0.2) is 0 Å². The first-order chi connectivity index (χ1) is 1.41. The van der Waals surface area contributed by atoms with Crippen LogP contribution in [0.25, 0.3) is 0 Å². The Morgan fingerprint density at radius 1 is 1.60 bits per heavy atom. The summed E-state index contributed by atoms with van der Waals surface area (Å²) in [6.45, 7) is 0. The molecule has 0 aliphatic carbocycles. The molecular weight excluding hydrogens is 245 g/mol. The molecule has 23 valence electrons. The molecule has 1 nitrogen and oxygen atoms in total. The molecule has 0 bridgehead atoms. The summed E-state index contributed by atoms with van der Waals surface area (Å²) < 4.78 is 0. The van der Waals surface area contributed by atoms with Gasteiger partial charge in [0.15, 0.2) is 0 Å². The number of rotatable bonds is 0. The molecule has 0 atom stereocenters. The Morgan fingerprint density at radius 2 is 1.60 bits per heavy atom. The number of nitriles is 1. The minimum atomic E-state index is 0. The molecule has 0 aromatic rings. The number of hydrogen-bond donors (Lipinski definition) is 0. The Kier molecular flexibility index (Phi) is 50.6. The van der Waals surface area contributed by atoms with Crippen LogP contribution in [0.5, 0.6) is 0 Å². The van der Waals surface area contributed by atoms with Crippen molar-refractivity contribution in [3.63, 3.8) is 0 Å². The van der Waals surface area contributed by atoms with Crippen molar-refractivity contribution < 1.29 is 57.8 Å². The average molecular weight is 246 g/mol. The van der Waals surface area contributed by atoms with Crippen molar-refractivity contribution in [1.29, 1.82) is 5.26 Å². The molecule has 0 heterocycles. The Morgan fingerprint density at radius 3 is 1.60 bits per heavy atom. The SMILES string of the molecule is N#[C][Fe].[Ce].[NaH]. The first-order valence-electron chi connectivity index (χ1n) is 0.400. The van der Waals surface area contributed by atoms with Gasteiger partial charge in [0.1, 0.15) is 0 Å². The van der Waals surface area contributed by atoms with Gasteiger partial charge in [0.05, 0.1) is 0 Å². The van der Waals surface area contributed by atoms with Crippen molar-refractivity contribution >= 4 is 29.6 Å². The average Bonchev–Trinajstić information content (AvgIpc) is 0.918. The molecule has 0 rings (SSSR count). The second-order valence-electron chi connectivity index (χ2n) is 0.0791.